The molecule has 23 heavy (non-hydrogen) atoms. The van der Waals surface area contributed by atoms with Gasteiger partial charge in [-0.2, -0.15) is 0 Å². The molecule has 0 unspecified atom stereocenters. The zero-order valence-corrected chi connectivity index (χ0v) is 14.4. The number of carbonyl (C=O) groups excluding carboxylic acids is 1. The summed E-state index contributed by atoms with van der Waals surface area (Å²) in [5, 5.41) is 3.23. The van der Waals surface area contributed by atoms with Crippen molar-refractivity contribution < 1.29 is 17.9 Å². The fraction of sp³-hybridized carbons (Fsp3) is 0.500. The summed E-state index contributed by atoms with van der Waals surface area (Å²) in [6, 6.07) is 3.97. The molecule has 1 saturated heterocycles. The minimum absolute atomic E-state index is 0.0115. The molecule has 1 aliphatic rings. The predicted octanol–water partition coefficient (Wildman–Crippen LogP) is 0.310. The number of benzene rings is 1. The van der Waals surface area contributed by atoms with Gasteiger partial charge in [-0.25, -0.2) is 17.9 Å². The van der Waals surface area contributed by atoms with Crippen molar-refractivity contribution >= 4 is 27.6 Å². The molecule has 2 N–H and O–H groups in total. The Bertz CT molecular complexity index is 660. The van der Waals surface area contributed by atoms with E-state index in [4.69, 9.17) is 11.6 Å². The van der Waals surface area contributed by atoms with Gasteiger partial charge in [0.1, 0.15) is 4.90 Å². The van der Waals surface area contributed by atoms with E-state index in [2.05, 4.69) is 19.7 Å². The van der Waals surface area contributed by atoms with E-state index in [0.717, 1.165) is 26.2 Å². The highest BCUT2D eigenvalue weighted by Crippen LogP contribution is 2.22. The first-order valence-corrected chi connectivity index (χ1v) is 9.11. The lowest BCUT2D eigenvalue weighted by Gasteiger charge is -2.27. The van der Waals surface area contributed by atoms with E-state index >= 15 is 0 Å². The first kappa shape index (κ1) is 18.2. The molecule has 0 bridgehead atoms. The van der Waals surface area contributed by atoms with Crippen LogP contribution in [-0.2, 0) is 14.8 Å². The molecule has 0 aliphatic carbocycles. The van der Waals surface area contributed by atoms with Gasteiger partial charge in [0.2, 0.25) is 10.0 Å². The molecular weight excluding hydrogens is 342 g/mol. The van der Waals surface area contributed by atoms with Gasteiger partial charge in [-0.3, -0.25) is 4.90 Å². The van der Waals surface area contributed by atoms with Crippen LogP contribution >= 0.6 is 11.6 Å². The second-order valence-electron chi connectivity index (χ2n) is 5.13. The van der Waals surface area contributed by atoms with Crippen molar-refractivity contribution in [3.8, 4) is 0 Å². The van der Waals surface area contributed by atoms with Crippen molar-refractivity contribution in [2.24, 2.45) is 0 Å². The van der Waals surface area contributed by atoms with Gasteiger partial charge in [0, 0.05) is 39.3 Å². The number of piperazine rings is 1. The molecule has 1 aromatic rings. The molecule has 1 aliphatic heterocycles. The van der Waals surface area contributed by atoms with Crippen LogP contribution in [0.2, 0.25) is 5.02 Å². The molecule has 1 fully saturated rings. The van der Waals surface area contributed by atoms with E-state index in [1.54, 1.807) is 0 Å². The molecule has 7 nitrogen and oxygen atoms in total. The van der Waals surface area contributed by atoms with Gasteiger partial charge in [0.15, 0.2) is 0 Å². The number of nitrogens with zero attached hydrogens (tertiary/aromatic N) is 1. The lowest BCUT2D eigenvalue weighted by atomic mass is 10.2. The number of carbonyl (C=O) groups is 1. The quantitative estimate of drug-likeness (QED) is 0.709. The molecule has 128 valence electrons. The van der Waals surface area contributed by atoms with E-state index < -0.39 is 16.0 Å². The number of rotatable bonds is 6. The molecular formula is C14H20ClN3O4S. The van der Waals surface area contributed by atoms with E-state index in [1.165, 1.54) is 25.3 Å². The number of sulfonamides is 1. The lowest BCUT2D eigenvalue weighted by Crippen LogP contribution is -2.46. The second-order valence-corrected chi connectivity index (χ2v) is 7.27. The first-order valence-electron chi connectivity index (χ1n) is 7.24. The van der Waals surface area contributed by atoms with Crippen molar-refractivity contribution in [2.75, 3.05) is 46.4 Å². The Balaban J connectivity index is 1.99. The van der Waals surface area contributed by atoms with E-state index in [9.17, 15) is 13.2 Å². The predicted molar refractivity (Wildman–Crippen MR) is 87.3 cm³/mol. The van der Waals surface area contributed by atoms with E-state index in [-0.39, 0.29) is 15.5 Å². The third-order valence-electron chi connectivity index (χ3n) is 3.57. The second kappa shape index (κ2) is 8.07. The van der Waals surface area contributed by atoms with Crippen LogP contribution in [0.25, 0.3) is 0 Å². The number of nitrogens with one attached hydrogen (secondary N) is 2. The topological polar surface area (TPSA) is 87.7 Å². The van der Waals surface area contributed by atoms with Gasteiger partial charge in [0.25, 0.3) is 0 Å². The van der Waals surface area contributed by atoms with Gasteiger partial charge >= 0.3 is 5.97 Å². The number of hydrogen-bond donors (Lipinski definition) is 2. The molecule has 0 atom stereocenters. The van der Waals surface area contributed by atoms with E-state index in [1.807, 2.05) is 0 Å². The molecule has 1 heterocycles. The highest BCUT2D eigenvalue weighted by Gasteiger charge is 2.20. The van der Waals surface area contributed by atoms with Crippen LogP contribution in [-0.4, -0.2) is 65.7 Å². The van der Waals surface area contributed by atoms with Crippen molar-refractivity contribution in [1.82, 2.24) is 14.9 Å². The van der Waals surface area contributed by atoms with Gasteiger partial charge in [-0.15, -0.1) is 0 Å². The van der Waals surface area contributed by atoms with Crippen LogP contribution in [0.1, 0.15) is 10.4 Å². The Hall–Kier alpha value is -1.19. The van der Waals surface area contributed by atoms with Crippen molar-refractivity contribution in [3.63, 3.8) is 0 Å². The van der Waals surface area contributed by atoms with Crippen LogP contribution in [0, 0.1) is 0 Å². The minimum Gasteiger partial charge on any atom is -0.465 e. The highest BCUT2D eigenvalue weighted by atomic mass is 35.5. The van der Waals surface area contributed by atoms with Crippen LogP contribution < -0.4 is 10.0 Å². The summed E-state index contributed by atoms with van der Waals surface area (Å²) in [6.45, 7) is 4.56. The first-order chi connectivity index (χ1) is 10.9. The van der Waals surface area contributed by atoms with Crippen LogP contribution in [0.5, 0.6) is 0 Å². The molecule has 0 saturated carbocycles. The summed E-state index contributed by atoms with van der Waals surface area (Å²) >= 11 is 6.00. The summed E-state index contributed by atoms with van der Waals surface area (Å²) in [4.78, 5) is 13.5. The molecule has 0 amide bonds. The van der Waals surface area contributed by atoms with Gasteiger partial charge in [-0.1, -0.05) is 11.6 Å². The third-order valence-corrected chi connectivity index (χ3v) is 5.52. The average molecular weight is 362 g/mol. The molecule has 0 aromatic heterocycles. The standard InChI is InChI=1S/C14H20ClN3O4S/c1-22-14(19)11-2-3-13(12(15)10-11)23(20,21)17-6-9-18-7-4-16-5-8-18/h2-3,10,16-17H,4-9H2,1H3. The number of halogens is 1. The van der Waals surface area contributed by atoms with Crippen LogP contribution in [0.3, 0.4) is 0 Å². The van der Waals surface area contributed by atoms with E-state index in [0.29, 0.717) is 13.1 Å². The normalized spacial score (nSPS) is 16.3. The maximum atomic E-state index is 12.3. The van der Waals surface area contributed by atoms with Crippen LogP contribution in [0.4, 0.5) is 0 Å². The zero-order valence-electron chi connectivity index (χ0n) is 12.8. The maximum Gasteiger partial charge on any atom is 0.337 e. The Labute approximate surface area is 141 Å². The largest absolute Gasteiger partial charge is 0.465 e. The number of methoxy groups -OCH3 is 1. The Morgan fingerprint density at radius 1 is 1.39 bits per heavy atom. The van der Waals surface area contributed by atoms with Gasteiger partial charge < -0.3 is 10.1 Å². The molecule has 9 heteroatoms. The van der Waals surface area contributed by atoms with Crippen LogP contribution in [0.15, 0.2) is 23.1 Å². The Morgan fingerprint density at radius 3 is 2.70 bits per heavy atom. The van der Waals surface area contributed by atoms with Crippen molar-refractivity contribution in [2.45, 2.75) is 4.90 Å². The number of ether oxygens (including phenoxy) is 1. The zero-order chi connectivity index (χ0) is 16.9. The maximum absolute atomic E-state index is 12.3. The summed E-state index contributed by atoms with van der Waals surface area (Å²) < 4.78 is 31.7. The Kier molecular flexibility index (Phi) is 6.37. The van der Waals surface area contributed by atoms with Crippen molar-refractivity contribution in [1.29, 1.82) is 0 Å². The number of esters is 1. The smallest absolute Gasteiger partial charge is 0.337 e. The average Bonchev–Trinajstić information content (AvgIpc) is 2.54. The highest BCUT2D eigenvalue weighted by molar-refractivity contribution is 7.89. The summed E-state index contributed by atoms with van der Waals surface area (Å²) in [5.41, 5.74) is 0.206. The third kappa shape index (κ3) is 4.89. The summed E-state index contributed by atoms with van der Waals surface area (Å²) in [5.74, 6) is -0.567. The molecule has 1 aromatic carbocycles. The summed E-state index contributed by atoms with van der Waals surface area (Å²) in [6.07, 6.45) is 0. The minimum atomic E-state index is -3.72. The molecule has 0 radical (unpaired) electrons. The van der Waals surface area contributed by atoms with Gasteiger partial charge in [-0.05, 0) is 18.2 Å². The van der Waals surface area contributed by atoms with Gasteiger partial charge in [0.05, 0.1) is 17.7 Å². The fourth-order valence-corrected chi connectivity index (χ4v) is 3.88. The number of hydrogen-bond acceptors (Lipinski definition) is 6. The van der Waals surface area contributed by atoms with Crippen molar-refractivity contribution in [3.05, 3.63) is 28.8 Å². The molecule has 2 rings (SSSR count). The SMILES string of the molecule is COC(=O)c1ccc(S(=O)(=O)NCCN2CCNCC2)c(Cl)c1. The summed E-state index contributed by atoms with van der Waals surface area (Å²) in [7, 11) is -2.47. The molecule has 0 spiro atoms. The Morgan fingerprint density at radius 2 is 2.09 bits per heavy atom. The monoisotopic (exact) mass is 361 g/mol. The fourth-order valence-electron chi connectivity index (χ4n) is 2.31. The lowest BCUT2D eigenvalue weighted by molar-refractivity contribution is 0.0600.